The smallest absolute Gasteiger partial charge is 0.343 e. The lowest BCUT2D eigenvalue weighted by atomic mass is 10.0. The standard InChI is InChI=1S/C24H22O4/c1-2-3-16-27-23(25)19-12-9-13-20(17-19)24(26)28-22-15-8-7-14-21(22)18-10-5-4-6-11-18/h4-15,17H,2-3,16H2,1H3. The highest BCUT2D eigenvalue weighted by molar-refractivity contribution is 5.96. The van der Waals surface area contributed by atoms with Gasteiger partial charge < -0.3 is 9.47 Å². The maximum Gasteiger partial charge on any atom is 0.343 e. The van der Waals surface area contributed by atoms with Crippen LogP contribution in [-0.2, 0) is 4.74 Å². The van der Waals surface area contributed by atoms with Crippen molar-refractivity contribution >= 4 is 11.9 Å². The van der Waals surface area contributed by atoms with E-state index in [9.17, 15) is 9.59 Å². The van der Waals surface area contributed by atoms with Crippen LogP contribution in [0, 0.1) is 0 Å². The molecule has 0 aliphatic rings. The van der Waals surface area contributed by atoms with Crippen LogP contribution < -0.4 is 4.74 Å². The van der Waals surface area contributed by atoms with Gasteiger partial charge in [-0.3, -0.25) is 0 Å². The minimum Gasteiger partial charge on any atom is -0.462 e. The summed E-state index contributed by atoms with van der Waals surface area (Å²) in [6, 6.07) is 23.5. The number of hydrogen-bond acceptors (Lipinski definition) is 4. The predicted octanol–water partition coefficient (Wildman–Crippen LogP) is 5.53. The van der Waals surface area contributed by atoms with Gasteiger partial charge in [-0.25, -0.2) is 9.59 Å². The Labute approximate surface area is 164 Å². The van der Waals surface area contributed by atoms with E-state index in [0.717, 1.165) is 24.0 Å². The van der Waals surface area contributed by atoms with E-state index in [1.807, 2.05) is 55.5 Å². The molecule has 0 atom stereocenters. The SMILES string of the molecule is CCCCOC(=O)c1cccc(C(=O)Oc2ccccc2-c2ccccc2)c1. The van der Waals surface area contributed by atoms with Crippen molar-refractivity contribution in [3.8, 4) is 16.9 Å². The average Bonchev–Trinajstić information content (AvgIpc) is 2.75. The largest absolute Gasteiger partial charge is 0.462 e. The summed E-state index contributed by atoms with van der Waals surface area (Å²) < 4.78 is 10.8. The Balaban J connectivity index is 1.78. The van der Waals surface area contributed by atoms with Gasteiger partial charge in [0.05, 0.1) is 17.7 Å². The first kappa shape index (κ1) is 19.4. The molecule has 0 heterocycles. The molecule has 0 bridgehead atoms. The quantitative estimate of drug-likeness (QED) is 0.310. The number of hydrogen-bond donors (Lipinski definition) is 0. The van der Waals surface area contributed by atoms with Gasteiger partial charge in [-0.15, -0.1) is 0 Å². The third-order valence-electron chi connectivity index (χ3n) is 4.24. The molecular weight excluding hydrogens is 352 g/mol. The van der Waals surface area contributed by atoms with Crippen molar-refractivity contribution < 1.29 is 19.1 Å². The monoisotopic (exact) mass is 374 g/mol. The number of rotatable bonds is 7. The molecule has 0 saturated heterocycles. The Kier molecular flexibility index (Phi) is 6.58. The topological polar surface area (TPSA) is 52.6 Å². The van der Waals surface area contributed by atoms with Gasteiger partial charge in [0.15, 0.2) is 0 Å². The van der Waals surface area contributed by atoms with Gasteiger partial charge in [0, 0.05) is 5.56 Å². The van der Waals surface area contributed by atoms with Gasteiger partial charge in [-0.1, -0.05) is 67.9 Å². The van der Waals surface area contributed by atoms with Crippen molar-refractivity contribution in [2.75, 3.05) is 6.61 Å². The van der Waals surface area contributed by atoms with Crippen LogP contribution in [-0.4, -0.2) is 18.5 Å². The summed E-state index contributed by atoms with van der Waals surface area (Å²) in [5.74, 6) is -0.492. The average molecular weight is 374 g/mol. The first-order valence-electron chi connectivity index (χ1n) is 9.33. The van der Waals surface area contributed by atoms with Crippen LogP contribution in [0.4, 0.5) is 0 Å². The highest BCUT2D eigenvalue weighted by Crippen LogP contribution is 2.30. The predicted molar refractivity (Wildman–Crippen MR) is 108 cm³/mol. The van der Waals surface area contributed by atoms with E-state index in [1.54, 1.807) is 24.3 Å². The van der Waals surface area contributed by atoms with Gasteiger partial charge in [0.1, 0.15) is 5.75 Å². The molecule has 0 aromatic heterocycles. The Morgan fingerprint density at radius 2 is 1.46 bits per heavy atom. The number of carbonyl (C=O) groups is 2. The lowest BCUT2D eigenvalue weighted by Crippen LogP contribution is -2.12. The maximum absolute atomic E-state index is 12.7. The molecule has 0 N–H and O–H groups in total. The van der Waals surface area contributed by atoms with Crippen molar-refractivity contribution in [1.82, 2.24) is 0 Å². The zero-order valence-electron chi connectivity index (χ0n) is 15.8. The van der Waals surface area contributed by atoms with E-state index in [1.165, 1.54) is 6.07 Å². The molecule has 142 valence electrons. The third-order valence-corrected chi connectivity index (χ3v) is 4.24. The molecule has 4 heteroatoms. The van der Waals surface area contributed by atoms with E-state index in [-0.39, 0.29) is 0 Å². The molecule has 0 aliphatic carbocycles. The molecule has 0 unspecified atom stereocenters. The fraction of sp³-hybridized carbons (Fsp3) is 0.167. The van der Waals surface area contributed by atoms with Gasteiger partial charge in [-0.05, 0) is 36.2 Å². The Morgan fingerprint density at radius 3 is 2.21 bits per heavy atom. The molecule has 0 fully saturated rings. The Bertz CT molecular complexity index is 948. The normalized spacial score (nSPS) is 10.3. The Morgan fingerprint density at radius 1 is 0.786 bits per heavy atom. The third kappa shape index (κ3) is 4.86. The summed E-state index contributed by atoms with van der Waals surface area (Å²) in [7, 11) is 0. The van der Waals surface area contributed by atoms with E-state index in [0.29, 0.717) is 23.5 Å². The van der Waals surface area contributed by atoms with Crippen LogP contribution in [0.25, 0.3) is 11.1 Å². The molecule has 28 heavy (non-hydrogen) atoms. The molecule has 0 aliphatic heterocycles. The second-order valence-electron chi connectivity index (χ2n) is 6.32. The second kappa shape index (κ2) is 9.51. The fourth-order valence-corrected chi connectivity index (χ4v) is 2.74. The number of carbonyl (C=O) groups excluding carboxylic acids is 2. The molecule has 3 aromatic rings. The van der Waals surface area contributed by atoms with Crippen LogP contribution in [0.2, 0.25) is 0 Å². The summed E-state index contributed by atoms with van der Waals surface area (Å²) in [6.07, 6.45) is 1.75. The molecule has 3 aromatic carbocycles. The number of benzene rings is 3. The highest BCUT2D eigenvalue weighted by atomic mass is 16.5. The van der Waals surface area contributed by atoms with Crippen LogP contribution in [0.5, 0.6) is 5.75 Å². The maximum atomic E-state index is 12.7. The molecule has 4 nitrogen and oxygen atoms in total. The second-order valence-corrected chi connectivity index (χ2v) is 6.32. The summed E-state index contributed by atoms with van der Waals surface area (Å²) in [4.78, 5) is 24.8. The Hall–Kier alpha value is -3.40. The zero-order chi connectivity index (χ0) is 19.8. The molecule has 0 saturated carbocycles. The van der Waals surface area contributed by atoms with Crippen LogP contribution in [0.1, 0.15) is 40.5 Å². The van der Waals surface area contributed by atoms with Gasteiger partial charge in [0.25, 0.3) is 0 Å². The number of unbranched alkanes of at least 4 members (excludes halogenated alkanes) is 1. The van der Waals surface area contributed by atoms with E-state index < -0.39 is 11.9 Å². The minimum absolute atomic E-state index is 0.299. The van der Waals surface area contributed by atoms with Crippen molar-refractivity contribution in [1.29, 1.82) is 0 Å². The molecular formula is C24H22O4. The molecule has 0 radical (unpaired) electrons. The van der Waals surface area contributed by atoms with Crippen molar-refractivity contribution in [3.05, 3.63) is 90.0 Å². The van der Waals surface area contributed by atoms with E-state index in [4.69, 9.17) is 9.47 Å². The van der Waals surface area contributed by atoms with Crippen LogP contribution in [0.3, 0.4) is 0 Å². The van der Waals surface area contributed by atoms with Gasteiger partial charge in [-0.2, -0.15) is 0 Å². The molecule has 0 amide bonds. The number of para-hydroxylation sites is 1. The minimum atomic E-state index is -0.522. The lowest BCUT2D eigenvalue weighted by Gasteiger charge is -2.11. The number of ether oxygens (including phenoxy) is 2. The molecule has 3 rings (SSSR count). The summed E-state index contributed by atoms with van der Waals surface area (Å²) in [5, 5.41) is 0. The van der Waals surface area contributed by atoms with Crippen molar-refractivity contribution in [3.63, 3.8) is 0 Å². The van der Waals surface area contributed by atoms with Crippen molar-refractivity contribution in [2.45, 2.75) is 19.8 Å². The first-order valence-corrected chi connectivity index (χ1v) is 9.33. The van der Waals surface area contributed by atoms with E-state index in [2.05, 4.69) is 0 Å². The summed E-state index contributed by atoms with van der Waals surface area (Å²) in [6.45, 7) is 2.40. The van der Waals surface area contributed by atoms with Gasteiger partial charge in [0.2, 0.25) is 0 Å². The van der Waals surface area contributed by atoms with Gasteiger partial charge >= 0.3 is 11.9 Å². The first-order chi connectivity index (χ1) is 13.7. The molecule has 0 spiro atoms. The fourth-order valence-electron chi connectivity index (χ4n) is 2.74. The van der Waals surface area contributed by atoms with Crippen LogP contribution in [0.15, 0.2) is 78.9 Å². The number of esters is 2. The van der Waals surface area contributed by atoms with Crippen LogP contribution >= 0.6 is 0 Å². The zero-order valence-corrected chi connectivity index (χ0v) is 15.8. The highest BCUT2D eigenvalue weighted by Gasteiger charge is 2.15. The van der Waals surface area contributed by atoms with E-state index >= 15 is 0 Å². The summed E-state index contributed by atoms with van der Waals surface area (Å²) in [5.41, 5.74) is 2.42. The lowest BCUT2D eigenvalue weighted by molar-refractivity contribution is 0.0499. The van der Waals surface area contributed by atoms with Crippen molar-refractivity contribution in [2.24, 2.45) is 0 Å². The summed E-state index contributed by atoms with van der Waals surface area (Å²) >= 11 is 0.